The van der Waals surface area contributed by atoms with E-state index in [1.54, 1.807) is 6.92 Å². The molecule has 0 amide bonds. The van der Waals surface area contributed by atoms with Gasteiger partial charge in [-0.1, -0.05) is 44.2 Å². The second-order valence-corrected chi connectivity index (χ2v) is 7.11. The van der Waals surface area contributed by atoms with E-state index >= 15 is 0 Å². The van der Waals surface area contributed by atoms with Gasteiger partial charge in [-0.3, -0.25) is 0 Å². The van der Waals surface area contributed by atoms with Gasteiger partial charge in [0.15, 0.2) is 0 Å². The van der Waals surface area contributed by atoms with Crippen molar-refractivity contribution in [3.63, 3.8) is 0 Å². The zero-order valence-corrected chi connectivity index (χ0v) is 18.1. The summed E-state index contributed by atoms with van der Waals surface area (Å²) < 4.78 is 7.40. The first kappa shape index (κ1) is 21.7. The first-order valence-electron chi connectivity index (χ1n) is 10.7. The summed E-state index contributed by atoms with van der Waals surface area (Å²) in [6, 6.07) is 18.2. The third kappa shape index (κ3) is 5.51. The second-order valence-electron chi connectivity index (χ2n) is 7.11. The predicted octanol–water partition coefficient (Wildman–Crippen LogP) is 5.00. The minimum absolute atomic E-state index is 0.352. The van der Waals surface area contributed by atoms with Crippen LogP contribution < -0.4 is 5.32 Å². The van der Waals surface area contributed by atoms with Gasteiger partial charge < -0.3 is 19.5 Å². The SMILES string of the molecule is CCOC(=O)/C=C(/Nc1ccc2c(ccn2CCN(CC)CC)c1)c1ccccc1. The minimum Gasteiger partial charge on any atom is -0.463 e. The lowest BCUT2D eigenvalue weighted by molar-refractivity contribution is -0.137. The van der Waals surface area contributed by atoms with Crippen molar-refractivity contribution in [2.75, 3.05) is 31.6 Å². The van der Waals surface area contributed by atoms with Crippen LogP contribution in [0.15, 0.2) is 66.9 Å². The first-order chi connectivity index (χ1) is 14.6. The number of esters is 1. The van der Waals surface area contributed by atoms with Gasteiger partial charge in [-0.2, -0.15) is 0 Å². The third-order valence-corrected chi connectivity index (χ3v) is 5.24. The van der Waals surface area contributed by atoms with Crippen molar-refractivity contribution in [3.05, 3.63) is 72.4 Å². The molecule has 0 saturated carbocycles. The van der Waals surface area contributed by atoms with E-state index in [9.17, 15) is 4.79 Å². The Bertz CT molecular complexity index is 988. The molecule has 1 heterocycles. The highest BCUT2D eigenvalue weighted by molar-refractivity contribution is 5.95. The maximum absolute atomic E-state index is 12.1. The number of rotatable bonds is 10. The zero-order valence-electron chi connectivity index (χ0n) is 18.1. The molecule has 3 aromatic rings. The van der Waals surface area contributed by atoms with Crippen molar-refractivity contribution in [2.24, 2.45) is 0 Å². The summed E-state index contributed by atoms with van der Waals surface area (Å²) in [6.45, 7) is 10.7. The van der Waals surface area contributed by atoms with Gasteiger partial charge in [0.25, 0.3) is 0 Å². The molecule has 30 heavy (non-hydrogen) atoms. The topological polar surface area (TPSA) is 46.5 Å². The van der Waals surface area contributed by atoms with E-state index in [4.69, 9.17) is 4.74 Å². The Labute approximate surface area is 178 Å². The number of hydrogen-bond acceptors (Lipinski definition) is 4. The summed E-state index contributed by atoms with van der Waals surface area (Å²) in [4.78, 5) is 14.5. The fourth-order valence-electron chi connectivity index (χ4n) is 3.53. The standard InChI is InChI=1S/C25H31N3O2/c1-4-27(5-2)16-17-28-15-14-21-18-22(12-13-24(21)28)26-23(19-25(29)30-6-3)20-10-8-7-9-11-20/h7-15,18-19,26H,4-6,16-17H2,1-3H3/b23-19+. The number of nitrogens with zero attached hydrogens (tertiary/aromatic N) is 2. The van der Waals surface area contributed by atoms with E-state index in [1.807, 2.05) is 30.3 Å². The van der Waals surface area contributed by atoms with E-state index in [-0.39, 0.29) is 5.97 Å². The van der Waals surface area contributed by atoms with Gasteiger partial charge in [-0.15, -0.1) is 0 Å². The van der Waals surface area contributed by atoms with Gasteiger partial charge in [-0.05, 0) is 49.8 Å². The normalized spacial score (nSPS) is 11.8. The van der Waals surface area contributed by atoms with Crippen LogP contribution in [0.5, 0.6) is 0 Å². The summed E-state index contributed by atoms with van der Waals surface area (Å²) in [5, 5.41) is 4.57. The van der Waals surface area contributed by atoms with Crippen LogP contribution in [0.1, 0.15) is 26.3 Å². The number of anilines is 1. The quantitative estimate of drug-likeness (QED) is 0.381. The number of fused-ring (bicyclic) bond motifs is 1. The highest BCUT2D eigenvalue weighted by atomic mass is 16.5. The lowest BCUT2D eigenvalue weighted by Crippen LogP contribution is -2.26. The predicted molar refractivity (Wildman–Crippen MR) is 124 cm³/mol. The van der Waals surface area contributed by atoms with Crippen LogP contribution in [0.2, 0.25) is 0 Å². The molecule has 0 atom stereocenters. The molecule has 158 valence electrons. The second kappa shape index (κ2) is 10.6. The molecule has 0 unspecified atom stereocenters. The number of ether oxygens (including phenoxy) is 1. The Kier molecular flexibility index (Phi) is 7.69. The molecule has 0 aliphatic heterocycles. The molecular weight excluding hydrogens is 374 g/mol. The zero-order chi connectivity index (χ0) is 21.3. The van der Waals surface area contributed by atoms with Crippen molar-refractivity contribution in [1.29, 1.82) is 0 Å². The molecule has 1 N–H and O–H groups in total. The summed E-state index contributed by atoms with van der Waals surface area (Å²) in [5.41, 5.74) is 3.79. The first-order valence-corrected chi connectivity index (χ1v) is 10.7. The summed E-state index contributed by atoms with van der Waals surface area (Å²) in [7, 11) is 0. The Morgan fingerprint density at radius 2 is 1.83 bits per heavy atom. The molecule has 0 spiro atoms. The van der Waals surface area contributed by atoms with Gasteiger partial charge >= 0.3 is 5.97 Å². The number of carbonyl (C=O) groups is 1. The van der Waals surface area contributed by atoms with Crippen LogP contribution in [0.25, 0.3) is 16.6 Å². The lowest BCUT2D eigenvalue weighted by Gasteiger charge is -2.18. The smallest absolute Gasteiger partial charge is 0.332 e. The van der Waals surface area contributed by atoms with Crippen LogP contribution in [0.3, 0.4) is 0 Å². The summed E-state index contributed by atoms with van der Waals surface area (Å²) in [5.74, 6) is -0.354. The third-order valence-electron chi connectivity index (χ3n) is 5.24. The molecular formula is C25H31N3O2. The number of hydrogen-bond donors (Lipinski definition) is 1. The number of likely N-dealkylation sites (N-methyl/N-ethyl adjacent to an activating group) is 1. The summed E-state index contributed by atoms with van der Waals surface area (Å²) >= 11 is 0. The maximum Gasteiger partial charge on any atom is 0.332 e. The average Bonchev–Trinajstić information content (AvgIpc) is 3.17. The van der Waals surface area contributed by atoms with Crippen molar-refractivity contribution in [1.82, 2.24) is 9.47 Å². The number of nitrogens with one attached hydrogen (secondary N) is 1. The number of benzene rings is 2. The van der Waals surface area contributed by atoms with Crippen molar-refractivity contribution < 1.29 is 9.53 Å². The molecule has 3 rings (SSSR count). The molecule has 0 aliphatic carbocycles. The van der Waals surface area contributed by atoms with Crippen molar-refractivity contribution in [3.8, 4) is 0 Å². The Morgan fingerprint density at radius 1 is 1.07 bits per heavy atom. The van der Waals surface area contributed by atoms with Crippen LogP contribution in [-0.2, 0) is 16.1 Å². The molecule has 5 nitrogen and oxygen atoms in total. The Balaban J connectivity index is 1.82. The summed E-state index contributed by atoms with van der Waals surface area (Å²) in [6.07, 6.45) is 3.66. The molecule has 0 aliphatic rings. The van der Waals surface area contributed by atoms with E-state index in [0.717, 1.165) is 43.1 Å². The fraction of sp³-hybridized carbons (Fsp3) is 0.320. The average molecular weight is 406 g/mol. The highest BCUT2D eigenvalue weighted by Crippen LogP contribution is 2.24. The molecule has 0 fully saturated rings. The molecule has 2 aromatic carbocycles. The van der Waals surface area contributed by atoms with E-state index in [0.29, 0.717) is 6.61 Å². The van der Waals surface area contributed by atoms with Gasteiger partial charge in [-0.25, -0.2) is 4.79 Å². The molecule has 0 saturated heterocycles. The van der Waals surface area contributed by atoms with E-state index in [1.165, 1.54) is 17.0 Å². The van der Waals surface area contributed by atoms with E-state index < -0.39 is 0 Å². The number of aromatic nitrogens is 1. The Hall–Kier alpha value is -3.05. The highest BCUT2D eigenvalue weighted by Gasteiger charge is 2.09. The molecule has 0 radical (unpaired) electrons. The van der Waals surface area contributed by atoms with Crippen LogP contribution in [0.4, 0.5) is 5.69 Å². The molecule has 5 heteroatoms. The maximum atomic E-state index is 12.1. The van der Waals surface area contributed by atoms with Gasteiger partial charge in [0.2, 0.25) is 0 Å². The van der Waals surface area contributed by atoms with Gasteiger partial charge in [0.05, 0.1) is 12.3 Å². The fourth-order valence-corrected chi connectivity index (χ4v) is 3.53. The van der Waals surface area contributed by atoms with E-state index in [2.05, 4.69) is 59.1 Å². The largest absolute Gasteiger partial charge is 0.463 e. The monoisotopic (exact) mass is 405 g/mol. The lowest BCUT2D eigenvalue weighted by atomic mass is 10.1. The van der Waals surface area contributed by atoms with Gasteiger partial charge in [0, 0.05) is 42.0 Å². The van der Waals surface area contributed by atoms with Crippen LogP contribution in [0, 0.1) is 0 Å². The van der Waals surface area contributed by atoms with Crippen molar-refractivity contribution in [2.45, 2.75) is 27.3 Å². The molecule has 0 bridgehead atoms. The van der Waals surface area contributed by atoms with Crippen molar-refractivity contribution >= 4 is 28.3 Å². The van der Waals surface area contributed by atoms with Crippen LogP contribution >= 0.6 is 0 Å². The minimum atomic E-state index is -0.354. The van der Waals surface area contributed by atoms with Crippen LogP contribution in [-0.4, -0.2) is 41.7 Å². The van der Waals surface area contributed by atoms with Gasteiger partial charge in [0.1, 0.15) is 0 Å². The molecule has 1 aromatic heterocycles. The number of carbonyl (C=O) groups excluding carboxylic acids is 1. The Morgan fingerprint density at radius 3 is 2.53 bits per heavy atom.